The topological polar surface area (TPSA) is 99.1 Å². The quantitative estimate of drug-likeness (QED) is 0.327. The number of aryl methyl sites for hydroxylation is 1. The van der Waals surface area contributed by atoms with Crippen molar-refractivity contribution < 1.29 is 44.5 Å². The van der Waals surface area contributed by atoms with Crippen molar-refractivity contribution in [2.24, 2.45) is 0 Å². The first kappa shape index (κ1) is 31.3. The molecule has 1 unspecified atom stereocenters. The summed E-state index contributed by atoms with van der Waals surface area (Å²) in [5.74, 6) is -2.09. The van der Waals surface area contributed by atoms with Gasteiger partial charge in [-0.3, -0.25) is 18.6 Å². The third-order valence-electron chi connectivity index (χ3n) is 5.23. The molecule has 0 spiro atoms. The minimum atomic E-state index is -6.30. The van der Waals surface area contributed by atoms with Gasteiger partial charge >= 0.3 is 18.0 Å². The number of carbonyl (C=O) groups excluding carboxylic acids is 2. The van der Waals surface area contributed by atoms with Crippen LogP contribution in [0.2, 0.25) is 5.02 Å². The molecule has 0 aromatic heterocycles. The van der Waals surface area contributed by atoms with Crippen LogP contribution in [-0.2, 0) is 15.4 Å². The van der Waals surface area contributed by atoms with Crippen LogP contribution < -0.4 is 10.6 Å². The second-order valence-corrected chi connectivity index (χ2v) is 12.0. The molecule has 0 saturated heterocycles. The fourth-order valence-corrected chi connectivity index (χ4v) is 5.44. The molecule has 210 valence electrons. The van der Waals surface area contributed by atoms with E-state index in [1.165, 1.54) is 38.3 Å². The summed E-state index contributed by atoms with van der Waals surface area (Å²) in [5, 5.41) is 4.64. The molecule has 15 heteroatoms. The average molecular weight is 590 g/mol. The molecule has 0 fully saturated rings. The predicted molar refractivity (Wildman–Crippen MR) is 129 cm³/mol. The molecular formula is C23H23ClF7N3O3S. The number of hydrogen-bond donors (Lipinski definition) is 3. The molecule has 0 bridgehead atoms. The zero-order valence-electron chi connectivity index (χ0n) is 20.3. The van der Waals surface area contributed by atoms with Crippen LogP contribution in [0.5, 0.6) is 0 Å². The lowest BCUT2D eigenvalue weighted by molar-refractivity contribution is -0.348. The zero-order valence-corrected chi connectivity index (χ0v) is 21.9. The second-order valence-electron chi connectivity index (χ2n) is 9.29. The van der Waals surface area contributed by atoms with Crippen molar-refractivity contribution in [2.45, 2.75) is 44.3 Å². The van der Waals surface area contributed by atoms with Crippen molar-refractivity contribution in [2.75, 3.05) is 17.3 Å². The van der Waals surface area contributed by atoms with Crippen molar-refractivity contribution >= 4 is 38.8 Å². The normalized spacial score (nSPS) is 14.5. The molecule has 2 rings (SSSR count). The summed E-state index contributed by atoms with van der Waals surface area (Å²) in [6, 6.07) is 5.05. The molecule has 0 aliphatic carbocycles. The van der Waals surface area contributed by atoms with Gasteiger partial charge in [-0.25, -0.2) is 4.39 Å². The summed E-state index contributed by atoms with van der Waals surface area (Å²) in [5.41, 5.74) is -9.72. The van der Waals surface area contributed by atoms with Crippen LogP contribution in [-0.4, -0.2) is 45.9 Å². The highest BCUT2D eigenvalue weighted by atomic mass is 35.5. The first-order valence-electron chi connectivity index (χ1n) is 10.6. The van der Waals surface area contributed by atoms with Gasteiger partial charge in [0.2, 0.25) is 0 Å². The molecule has 38 heavy (non-hydrogen) atoms. The standard InChI is InChI=1S/C23H23ClF7N3O3S/c1-12-10-13(21(25,22(26,27)28)23(29,30)31)8-9-16(12)33-18(35)14-6-5-7-15(24)17(14)19(36)34-20(2,3)11-38(4,32)37/h5-10,32H,11H2,1-4H3,(H,33,35)(H,34,36). The first-order valence-corrected chi connectivity index (χ1v) is 13.1. The minimum absolute atomic E-state index is 0.168. The van der Waals surface area contributed by atoms with Crippen LogP contribution in [0.1, 0.15) is 45.7 Å². The fraction of sp³-hybridized carbons (Fsp3) is 0.391. The van der Waals surface area contributed by atoms with E-state index < -0.39 is 50.7 Å². The number of carbonyl (C=O) groups is 2. The molecule has 2 amide bonds. The van der Waals surface area contributed by atoms with E-state index in [2.05, 4.69) is 10.6 Å². The number of rotatable bonds is 7. The summed E-state index contributed by atoms with van der Waals surface area (Å²) in [7, 11) is -3.02. The van der Waals surface area contributed by atoms with Gasteiger partial charge in [-0.2, -0.15) is 26.3 Å². The maximum absolute atomic E-state index is 14.4. The van der Waals surface area contributed by atoms with Crippen LogP contribution in [0.4, 0.5) is 36.4 Å². The largest absolute Gasteiger partial charge is 0.435 e. The monoisotopic (exact) mass is 589 g/mol. The highest BCUT2D eigenvalue weighted by Gasteiger charge is 2.73. The second kappa shape index (κ2) is 10.4. The van der Waals surface area contributed by atoms with E-state index in [1.54, 1.807) is 0 Å². The molecule has 2 aromatic rings. The van der Waals surface area contributed by atoms with Crippen LogP contribution in [0.3, 0.4) is 0 Å². The Balaban J connectivity index is 2.43. The summed E-state index contributed by atoms with van der Waals surface area (Å²) in [6.07, 6.45) is -11.4. The Morgan fingerprint density at radius 2 is 1.53 bits per heavy atom. The summed E-state index contributed by atoms with van der Waals surface area (Å²) < 4.78 is 112. The summed E-state index contributed by atoms with van der Waals surface area (Å²) in [6.45, 7) is 4.05. The Morgan fingerprint density at radius 1 is 0.974 bits per heavy atom. The smallest absolute Gasteiger partial charge is 0.346 e. The lowest BCUT2D eigenvalue weighted by Crippen LogP contribution is -2.50. The van der Waals surface area contributed by atoms with E-state index in [0.29, 0.717) is 12.1 Å². The van der Waals surface area contributed by atoms with Gasteiger partial charge in [-0.05, 0) is 44.5 Å². The Bertz CT molecular complexity index is 1340. The molecule has 3 N–H and O–H groups in total. The van der Waals surface area contributed by atoms with Crippen molar-refractivity contribution in [3.8, 4) is 0 Å². The predicted octanol–water partition coefficient (Wildman–Crippen LogP) is 6.38. The minimum Gasteiger partial charge on any atom is -0.346 e. The van der Waals surface area contributed by atoms with Gasteiger partial charge in [0, 0.05) is 32.8 Å². The Hall–Kier alpha value is -2.87. The van der Waals surface area contributed by atoms with Crippen molar-refractivity contribution in [1.82, 2.24) is 5.32 Å². The molecule has 0 aliphatic heterocycles. The van der Waals surface area contributed by atoms with Crippen molar-refractivity contribution in [3.05, 3.63) is 63.7 Å². The first-order chi connectivity index (χ1) is 17.0. The number of nitrogens with one attached hydrogen (secondary N) is 3. The molecule has 0 radical (unpaired) electrons. The van der Waals surface area contributed by atoms with Gasteiger partial charge < -0.3 is 10.6 Å². The number of halogens is 8. The van der Waals surface area contributed by atoms with E-state index in [9.17, 15) is 44.5 Å². The van der Waals surface area contributed by atoms with Gasteiger partial charge in [0.15, 0.2) is 0 Å². The lowest BCUT2D eigenvalue weighted by Gasteiger charge is -2.30. The highest BCUT2D eigenvalue weighted by molar-refractivity contribution is 7.91. The van der Waals surface area contributed by atoms with E-state index >= 15 is 0 Å². The molecule has 0 heterocycles. The van der Waals surface area contributed by atoms with Gasteiger partial charge in [0.05, 0.1) is 21.9 Å². The van der Waals surface area contributed by atoms with Crippen LogP contribution in [0.25, 0.3) is 0 Å². The summed E-state index contributed by atoms with van der Waals surface area (Å²) in [4.78, 5) is 25.9. The number of benzene rings is 2. The third-order valence-corrected chi connectivity index (χ3v) is 6.81. The van der Waals surface area contributed by atoms with Gasteiger partial charge in [0.25, 0.3) is 11.8 Å². The number of alkyl halides is 7. The Labute approximate surface area is 218 Å². The molecule has 6 nitrogen and oxygen atoms in total. The van der Waals surface area contributed by atoms with Crippen molar-refractivity contribution in [1.29, 1.82) is 4.78 Å². The van der Waals surface area contributed by atoms with Gasteiger partial charge in [-0.1, -0.05) is 29.8 Å². The average Bonchev–Trinajstić information content (AvgIpc) is 2.70. The van der Waals surface area contributed by atoms with Crippen LogP contribution in [0, 0.1) is 11.7 Å². The fourth-order valence-electron chi connectivity index (χ4n) is 3.73. The zero-order chi connectivity index (χ0) is 29.5. The van der Waals surface area contributed by atoms with E-state index in [4.69, 9.17) is 16.4 Å². The van der Waals surface area contributed by atoms with Gasteiger partial charge in [-0.15, -0.1) is 0 Å². The number of hydrogen-bond acceptors (Lipinski definition) is 4. The van der Waals surface area contributed by atoms with Crippen LogP contribution >= 0.6 is 11.6 Å². The number of anilines is 1. The molecule has 0 aliphatic rings. The maximum Gasteiger partial charge on any atom is 0.435 e. The lowest BCUT2D eigenvalue weighted by atomic mass is 9.92. The third kappa shape index (κ3) is 6.76. The van der Waals surface area contributed by atoms with E-state index in [1.807, 2.05) is 0 Å². The molecule has 0 saturated carbocycles. The van der Waals surface area contributed by atoms with Gasteiger partial charge in [0.1, 0.15) is 0 Å². The Kier molecular flexibility index (Phi) is 8.55. The SMILES string of the molecule is Cc1cc(C(F)(C(F)(F)F)C(F)(F)F)ccc1NC(=O)c1cccc(Cl)c1C(=O)NC(C)(C)CS(C)(=N)=O. The van der Waals surface area contributed by atoms with E-state index in [0.717, 1.165) is 6.92 Å². The maximum atomic E-state index is 14.4. The Morgan fingerprint density at radius 3 is 2.00 bits per heavy atom. The molecular weight excluding hydrogens is 567 g/mol. The molecule has 2 aromatic carbocycles. The molecule has 1 atom stereocenters. The van der Waals surface area contributed by atoms with E-state index in [-0.39, 0.29) is 39.2 Å². The van der Waals surface area contributed by atoms with Crippen molar-refractivity contribution in [3.63, 3.8) is 0 Å². The number of amides is 2. The highest BCUT2D eigenvalue weighted by Crippen LogP contribution is 2.53. The van der Waals surface area contributed by atoms with Crippen LogP contribution in [0.15, 0.2) is 36.4 Å². The summed E-state index contributed by atoms with van der Waals surface area (Å²) >= 11 is 6.13.